The highest BCUT2D eigenvalue weighted by Gasteiger charge is 2.00. The molecule has 0 aliphatic carbocycles. The Morgan fingerprint density at radius 3 is 3.08 bits per heavy atom. The highest BCUT2D eigenvalue weighted by Crippen LogP contribution is 2.09. The molecule has 0 saturated carbocycles. The summed E-state index contributed by atoms with van der Waals surface area (Å²) in [6, 6.07) is 3.60. The van der Waals surface area contributed by atoms with Crippen molar-refractivity contribution in [1.29, 1.82) is 5.26 Å². The van der Waals surface area contributed by atoms with Gasteiger partial charge in [0.25, 0.3) is 0 Å². The fourth-order valence-corrected chi connectivity index (χ4v) is 0.781. The molecule has 0 aliphatic heterocycles. The van der Waals surface area contributed by atoms with Gasteiger partial charge in [0.15, 0.2) is 0 Å². The van der Waals surface area contributed by atoms with E-state index in [0.717, 1.165) is 5.69 Å². The molecule has 0 spiro atoms. The molecule has 1 aromatic rings. The molecule has 4 heteroatoms. The van der Waals surface area contributed by atoms with Gasteiger partial charge in [0.2, 0.25) is 5.88 Å². The first-order valence-electron chi connectivity index (χ1n) is 3.51. The van der Waals surface area contributed by atoms with Crippen LogP contribution in [0.5, 0.6) is 0 Å². The van der Waals surface area contributed by atoms with Gasteiger partial charge in [-0.2, -0.15) is 5.26 Å². The summed E-state index contributed by atoms with van der Waals surface area (Å²) < 4.78 is 4.65. The van der Waals surface area contributed by atoms with Crippen molar-refractivity contribution in [3.8, 4) is 6.07 Å². The van der Waals surface area contributed by atoms with Gasteiger partial charge in [0, 0.05) is 11.6 Å². The van der Waals surface area contributed by atoms with E-state index in [1.807, 2.05) is 6.07 Å². The molecule has 2 N–H and O–H groups in total. The minimum Gasteiger partial charge on any atom is -0.368 e. The molecule has 62 valence electrons. The predicted octanol–water partition coefficient (Wildman–Crippen LogP) is 1.27. The molecule has 0 radical (unpaired) electrons. The maximum Gasteiger partial charge on any atom is 0.222 e. The molecule has 0 atom stereocenters. The topological polar surface area (TPSA) is 75.8 Å². The van der Waals surface area contributed by atoms with Crippen LogP contribution >= 0.6 is 0 Å². The van der Waals surface area contributed by atoms with Crippen LogP contribution in [0.15, 0.2) is 22.7 Å². The molecular weight excluding hydrogens is 154 g/mol. The van der Waals surface area contributed by atoms with Crippen LogP contribution in [0.4, 0.5) is 5.88 Å². The Labute approximate surface area is 70.3 Å². The van der Waals surface area contributed by atoms with Crippen molar-refractivity contribution < 1.29 is 4.52 Å². The largest absolute Gasteiger partial charge is 0.368 e. The molecule has 1 heterocycles. The molecule has 0 amide bonds. The predicted molar refractivity (Wildman–Crippen MR) is 44.0 cm³/mol. The first-order valence-corrected chi connectivity index (χ1v) is 3.51. The monoisotopic (exact) mass is 163 g/mol. The maximum absolute atomic E-state index is 8.40. The van der Waals surface area contributed by atoms with E-state index < -0.39 is 0 Å². The molecule has 0 unspecified atom stereocenters. The summed E-state index contributed by atoms with van der Waals surface area (Å²) in [6.45, 7) is 3.54. The number of anilines is 1. The van der Waals surface area contributed by atoms with Gasteiger partial charge in [-0.1, -0.05) is 11.7 Å². The second-order valence-electron chi connectivity index (χ2n) is 2.44. The Morgan fingerprint density at radius 1 is 1.83 bits per heavy atom. The lowest BCUT2D eigenvalue weighted by atomic mass is 10.1. The third kappa shape index (κ3) is 2.13. The molecule has 4 nitrogen and oxygen atoms in total. The zero-order chi connectivity index (χ0) is 8.97. The lowest BCUT2D eigenvalue weighted by Gasteiger charge is -1.90. The van der Waals surface area contributed by atoms with Crippen molar-refractivity contribution >= 4 is 5.88 Å². The molecule has 0 fully saturated rings. The van der Waals surface area contributed by atoms with E-state index in [0.29, 0.717) is 24.3 Å². The molecule has 0 aliphatic rings. The van der Waals surface area contributed by atoms with Gasteiger partial charge in [-0.15, -0.1) is 0 Å². The Bertz CT molecular complexity index is 321. The van der Waals surface area contributed by atoms with Crippen LogP contribution in [0.2, 0.25) is 0 Å². The molecule has 12 heavy (non-hydrogen) atoms. The Morgan fingerprint density at radius 2 is 2.58 bits per heavy atom. The van der Waals surface area contributed by atoms with Crippen molar-refractivity contribution in [3.63, 3.8) is 0 Å². The lowest BCUT2D eigenvalue weighted by Crippen LogP contribution is -1.86. The summed E-state index contributed by atoms with van der Waals surface area (Å²) >= 11 is 0. The fourth-order valence-electron chi connectivity index (χ4n) is 0.781. The van der Waals surface area contributed by atoms with Gasteiger partial charge in [-0.25, -0.2) is 0 Å². The summed E-state index contributed by atoms with van der Waals surface area (Å²) in [5, 5.41) is 12.1. The van der Waals surface area contributed by atoms with Gasteiger partial charge in [0.1, 0.15) is 0 Å². The van der Waals surface area contributed by atoms with Crippen LogP contribution in [-0.2, 0) is 6.42 Å². The zero-order valence-electron chi connectivity index (χ0n) is 6.58. The highest BCUT2D eigenvalue weighted by atomic mass is 16.5. The van der Waals surface area contributed by atoms with E-state index >= 15 is 0 Å². The van der Waals surface area contributed by atoms with Gasteiger partial charge >= 0.3 is 0 Å². The van der Waals surface area contributed by atoms with Crippen LogP contribution < -0.4 is 5.73 Å². The van der Waals surface area contributed by atoms with E-state index in [4.69, 9.17) is 11.0 Å². The number of allylic oxidation sites excluding steroid dienone is 1. The van der Waals surface area contributed by atoms with Gasteiger partial charge in [0.05, 0.1) is 11.8 Å². The molecule has 1 aromatic heterocycles. The average molecular weight is 163 g/mol. The minimum absolute atomic E-state index is 0.299. The highest BCUT2D eigenvalue weighted by molar-refractivity contribution is 5.25. The van der Waals surface area contributed by atoms with E-state index in [9.17, 15) is 0 Å². The van der Waals surface area contributed by atoms with Crippen LogP contribution in [0, 0.1) is 11.3 Å². The quantitative estimate of drug-likeness (QED) is 0.681. The van der Waals surface area contributed by atoms with E-state index in [2.05, 4.69) is 16.3 Å². The molecule has 0 saturated heterocycles. The van der Waals surface area contributed by atoms with Crippen LogP contribution in [-0.4, -0.2) is 5.16 Å². The smallest absolute Gasteiger partial charge is 0.222 e. The van der Waals surface area contributed by atoms with Crippen LogP contribution in [0.25, 0.3) is 0 Å². The maximum atomic E-state index is 8.40. The summed E-state index contributed by atoms with van der Waals surface area (Å²) in [7, 11) is 0. The van der Waals surface area contributed by atoms with E-state index in [1.165, 1.54) is 0 Å². The molecule has 1 rings (SSSR count). The Hall–Kier alpha value is -1.76. The number of aryl methyl sites for hydroxylation is 1. The Kier molecular flexibility index (Phi) is 2.49. The normalized spacial score (nSPS) is 9.25. The van der Waals surface area contributed by atoms with E-state index in [-0.39, 0.29) is 0 Å². The number of nitriles is 1. The first kappa shape index (κ1) is 8.34. The van der Waals surface area contributed by atoms with Gasteiger partial charge in [-0.05, 0) is 12.8 Å². The average Bonchev–Trinajstić information content (AvgIpc) is 2.47. The number of hydrogen-bond acceptors (Lipinski definition) is 4. The molecule has 0 bridgehead atoms. The van der Waals surface area contributed by atoms with Crippen molar-refractivity contribution in [2.45, 2.75) is 12.8 Å². The summed E-state index contributed by atoms with van der Waals surface area (Å²) in [4.78, 5) is 0. The summed E-state index contributed by atoms with van der Waals surface area (Å²) in [5.74, 6) is 0.299. The van der Waals surface area contributed by atoms with Gasteiger partial charge < -0.3 is 10.3 Å². The van der Waals surface area contributed by atoms with Crippen molar-refractivity contribution in [2.24, 2.45) is 0 Å². The van der Waals surface area contributed by atoms with Crippen molar-refractivity contribution in [1.82, 2.24) is 5.16 Å². The summed E-state index contributed by atoms with van der Waals surface area (Å²) in [5.41, 5.74) is 6.59. The zero-order valence-corrected chi connectivity index (χ0v) is 6.58. The second-order valence-corrected chi connectivity index (χ2v) is 2.44. The third-order valence-corrected chi connectivity index (χ3v) is 1.42. The fraction of sp³-hybridized carbons (Fsp3) is 0.250. The number of rotatable bonds is 3. The third-order valence-electron chi connectivity index (χ3n) is 1.42. The Balaban J connectivity index is 2.44. The summed E-state index contributed by atoms with van der Waals surface area (Å²) in [6.07, 6.45) is 1.25. The number of nitrogens with zero attached hydrogens (tertiary/aromatic N) is 2. The molecular formula is C8H9N3O. The van der Waals surface area contributed by atoms with Gasteiger partial charge in [-0.3, -0.25) is 0 Å². The number of hydrogen-bond donors (Lipinski definition) is 1. The second kappa shape index (κ2) is 3.58. The first-order chi connectivity index (χ1) is 5.72. The lowest BCUT2D eigenvalue weighted by molar-refractivity contribution is 0.427. The number of aromatic nitrogens is 1. The number of nitrogen functional groups attached to an aromatic ring is 1. The molecule has 0 aromatic carbocycles. The van der Waals surface area contributed by atoms with Crippen molar-refractivity contribution in [2.75, 3.05) is 5.73 Å². The van der Waals surface area contributed by atoms with Crippen molar-refractivity contribution in [3.05, 3.63) is 23.9 Å². The number of nitrogens with two attached hydrogens (primary N) is 1. The van der Waals surface area contributed by atoms with E-state index in [1.54, 1.807) is 6.07 Å². The minimum atomic E-state index is 0.299. The van der Waals surface area contributed by atoms with Crippen LogP contribution in [0.1, 0.15) is 12.1 Å². The van der Waals surface area contributed by atoms with Crippen LogP contribution in [0.3, 0.4) is 0 Å². The standard InChI is InChI=1S/C8H9N3O/c1-6(5-9)2-3-7-4-8(10)12-11-7/h4H,1-3,10H2. The SMILES string of the molecule is C=C(C#N)CCc1cc(N)on1.